The van der Waals surface area contributed by atoms with Crippen LogP contribution in [-0.4, -0.2) is 0 Å². The Labute approximate surface area is 80.6 Å². The summed E-state index contributed by atoms with van der Waals surface area (Å²) in [5.74, 6) is 0. The van der Waals surface area contributed by atoms with Gasteiger partial charge in [0.25, 0.3) is 0 Å². The van der Waals surface area contributed by atoms with Gasteiger partial charge in [-0.25, -0.2) is 0 Å². The van der Waals surface area contributed by atoms with Crippen LogP contribution in [0.1, 0.15) is 41.5 Å². The molecular formula is C9H21Zn-3. The molecule has 0 spiro atoms. The van der Waals surface area contributed by atoms with Crippen LogP contribution >= 0.6 is 0 Å². The minimum atomic E-state index is 0. The molecule has 0 aromatic heterocycles. The third kappa shape index (κ3) is 1290. The van der Waals surface area contributed by atoms with Gasteiger partial charge in [-0.1, -0.05) is 0 Å². The first kappa shape index (κ1) is 22.4. The monoisotopic (exact) mass is 193 g/mol. The molecule has 0 N–H and O–H groups in total. The van der Waals surface area contributed by atoms with Gasteiger partial charge in [0.05, 0.1) is 0 Å². The van der Waals surface area contributed by atoms with Gasteiger partial charge in [0.15, 0.2) is 0 Å². The molecule has 0 aromatic carbocycles. The van der Waals surface area contributed by atoms with Gasteiger partial charge < -0.3 is 19.3 Å². The van der Waals surface area contributed by atoms with Gasteiger partial charge in [-0.15, -0.1) is 0 Å². The van der Waals surface area contributed by atoms with Crippen LogP contribution < -0.4 is 0 Å². The summed E-state index contributed by atoms with van der Waals surface area (Å²) in [5.41, 5.74) is 0. The molecule has 0 rings (SSSR count). The van der Waals surface area contributed by atoms with E-state index in [1.165, 1.54) is 0 Å². The summed E-state index contributed by atoms with van der Waals surface area (Å²) >= 11 is 0. The van der Waals surface area contributed by atoms with E-state index in [2.05, 4.69) is 0 Å². The van der Waals surface area contributed by atoms with Crippen molar-refractivity contribution in [3.63, 3.8) is 0 Å². The first-order valence-electron chi connectivity index (χ1n) is 3.46. The van der Waals surface area contributed by atoms with Crippen molar-refractivity contribution in [3.8, 4) is 0 Å². The van der Waals surface area contributed by atoms with Crippen molar-refractivity contribution in [1.29, 1.82) is 0 Å². The Morgan fingerprint density at radius 2 is 0.500 bits per heavy atom. The number of hydrogen-bond donors (Lipinski definition) is 0. The average molecular weight is 195 g/mol. The number of rotatable bonds is 0. The molecule has 0 unspecified atom stereocenters. The second-order valence-corrected chi connectivity index (χ2v) is 1.73. The van der Waals surface area contributed by atoms with Crippen molar-refractivity contribution in [1.82, 2.24) is 0 Å². The summed E-state index contributed by atoms with van der Waals surface area (Å²) in [7, 11) is 0. The van der Waals surface area contributed by atoms with Gasteiger partial charge in [0.1, 0.15) is 0 Å². The second-order valence-electron chi connectivity index (χ2n) is 1.73. The maximum atomic E-state index is 2.00. The minimum Gasteiger partial charge on any atom is -0.335 e. The van der Waals surface area contributed by atoms with E-state index in [4.69, 9.17) is 0 Å². The van der Waals surface area contributed by atoms with E-state index < -0.39 is 0 Å². The Bertz CT molecular complexity index is 9.44. The van der Waals surface area contributed by atoms with E-state index in [9.17, 15) is 0 Å². The molecule has 0 saturated carbocycles. The molecule has 0 radical (unpaired) electrons. The first-order chi connectivity index (χ1) is 4.24. The molecule has 0 aliphatic carbocycles. The molecule has 0 heterocycles. The molecule has 0 aromatic rings. The fourth-order valence-corrected chi connectivity index (χ4v) is 0. The fraction of sp³-hybridized carbons (Fsp3) is 0.667. The van der Waals surface area contributed by atoms with Crippen LogP contribution in [0.2, 0.25) is 0 Å². The van der Waals surface area contributed by atoms with Crippen molar-refractivity contribution < 1.29 is 19.5 Å². The molecule has 0 aliphatic heterocycles. The van der Waals surface area contributed by atoms with E-state index in [1.807, 2.05) is 60.8 Å². The van der Waals surface area contributed by atoms with Crippen LogP contribution in [0, 0.1) is 19.3 Å². The average Bonchev–Trinajstić information content (AvgIpc) is 1.70. The van der Waals surface area contributed by atoms with E-state index in [1.54, 1.807) is 0 Å². The zero-order valence-electron chi connectivity index (χ0n) is 8.44. The molecule has 0 aliphatic rings. The van der Waals surface area contributed by atoms with Crippen LogP contribution in [0.5, 0.6) is 0 Å². The van der Waals surface area contributed by atoms with Crippen LogP contribution in [0.15, 0.2) is 0 Å². The quantitative estimate of drug-likeness (QED) is 0.408. The summed E-state index contributed by atoms with van der Waals surface area (Å²) < 4.78 is 0. The van der Waals surface area contributed by atoms with Gasteiger partial charge in [-0.2, -0.15) is 41.5 Å². The predicted octanol–water partition coefficient (Wildman–Crippen LogP) is 3.69. The zero-order chi connectivity index (χ0) is 8.12. The molecule has 0 fully saturated rings. The van der Waals surface area contributed by atoms with Gasteiger partial charge in [0.2, 0.25) is 0 Å². The molecule has 1 heteroatoms. The van der Waals surface area contributed by atoms with Crippen LogP contribution in [-0.2, 0) is 19.5 Å². The summed E-state index contributed by atoms with van der Waals surface area (Å²) in [4.78, 5) is 0. The minimum absolute atomic E-state index is 0. The van der Waals surface area contributed by atoms with Crippen LogP contribution in [0.25, 0.3) is 0 Å². The first-order valence-corrected chi connectivity index (χ1v) is 3.46. The topological polar surface area (TPSA) is 0 Å². The molecule has 0 atom stereocenters. The standard InChI is InChI=1S/3C3H7.Zn/c3*1-3-2;/h3*3H,1-2H3;/q3*-1;. The van der Waals surface area contributed by atoms with Crippen molar-refractivity contribution in [2.75, 3.05) is 0 Å². The molecule has 0 nitrogen and oxygen atoms in total. The summed E-state index contributed by atoms with van der Waals surface area (Å²) in [6.07, 6.45) is 6.00. The van der Waals surface area contributed by atoms with Gasteiger partial charge >= 0.3 is 0 Å². The molecule has 62 valence electrons. The summed E-state index contributed by atoms with van der Waals surface area (Å²) in [5, 5.41) is 0. The smallest absolute Gasteiger partial charge is 0 e. The van der Waals surface area contributed by atoms with Crippen molar-refractivity contribution in [2.45, 2.75) is 41.5 Å². The van der Waals surface area contributed by atoms with E-state index in [0.29, 0.717) is 0 Å². The Hall–Kier alpha value is 0.623. The van der Waals surface area contributed by atoms with Gasteiger partial charge in [-0.05, 0) is 0 Å². The maximum absolute atomic E-state index is 2.00. The Kier molecular flexibility index (Phi) is 122. The molecular weight excluding hydrogens is 173 g/mol. The van der Waals surface area contributed by atoms with Crippen molar-refractivity contribution in [2.24, 2.45) is 0 Å². The fourth-order valence-electron chi connectivity index (χ4n) is 0. The molecule has 0 bridgehead atoms. The molecule has 10 heavy (non-hydrogen) atoms. The van der Waals surface area contributed by atoms with Crippen LogP contribution in [0.3, 0.4) is 0 Å². The third-order valence-corrected chi connectivity index (χ3v) is 0. The van der Waals surface area contributed by atoms with Gasteiger partial charge in [-0.3, -0.25) is 0 Å². The second kappa shape index (κ2) is 54.5. The third-order valence-electron chi connectivity index (χ3n) is 0. The predicted molar refractivity (Wildman–Crippen MR) is 46.9 cm³/mol. The number of hydrogen-bond acceptors (Lipinski definition) is 0. The normalized spacial score (nSPS) is 5.40. The van der Waals surface area contributed by atoms with Crippen molar-refractivity contribution >= 4 is 0 Å². The Morgan fingerprint density at radius 3 is 0.500 bits per heavy atom. The van der Waals surface area contributed by atoms with E-state index >= 15 is 0 Å². The Balaban J connectivity index is -0.0000000257. The summed E-state index contributed by atoms with van der Waals surface area (Å²) in [6.45, 7) is 12.0. The van der Waals surface area contributed by atoms with E-state index in [-0.39, 0.29) is 19.5 Å². The van der Waals surface area contributed by atoms with E-state index in [0.717, 1.165) is 0 Å². The van der Waals surface area contributed by atoms with Crippen LogP contribution in [0.4, 0.5) is 0 Å². The zero-order valence-corrected chi connectivity index (χ0v) is 11.4. The summed E-state index contributed by atoms with van der Waals surface area (Å²) in [6, 6.07) is 0. The van der Waals surface area contributed by atoms with Crippen molar-refractivity contribution in [3.05, 3.63) is 19.3 Å². The maximum Gasteiger partial charge on any atom is 0 e. The molecule has 0 amide bonds. The Morgan fingerprint density at radius 1 is 0.500 bits per heavy atom. The largest absolute Gasteiger partial charge is 0.335 e. The molecule has 0 saturated heterocycles. The van der Waals surface area contributed by atoms with Gasteiger partial charge in [0, 0.05) is 19.5 Å². The SMILES string of the molecule is C[CH-]C.C[CH-]C.C[CH-]C.[Zn].